The van der Waals surface area contributed by atoms with E-state index in [1.807, 2.05) is 22.7 Å². The van der Waals surface area contributed by atoms with Crippen LogP contribution in [0.5, 0.6) is 0 Å². The number of thiophene rings is 2. The average Bonchev–Trinajstić information content (AvgIpc) is 2.42. The predicted octanol–water partition coefficient (Wildman–Crippen LogP) is 2.77. The largest absolute Gasteiger partial charge is 0.208 e. The van der Waals surface area contributed by atoms with Gasteiger partial charge in [-0.3, -0.25) is 0 Å². The summed E-state index contributed by atoms with van der Waals surface area (Å²) in [7, 11) is 0. The summed E-state index contributed by atoms with van der Waals surface area (Å²) in [4.78, 5) is 0. The highest BCUT2D eigenvalue weighted by molar-refractivity contribution is 7.80. The number of rotatable bonds is 1. The van der Waals surface area contributed by atoms with Gasteiger partial charge in [0.2, 0.25) is 4.21 Å². The molecule has 0 unspecified atom stereocenters. The topological polar surface area (TPSA) is 0 Å². The first-order chi connectivity index (χ1) is 4.90. The molecule has 2 aromatic rings. The molecule has 0 saturated carbocycles. The smallest absolute Gasteiger partial charge is 0.143 e. The number of hydrogen-bond donors (Lipinski definition) is 0. The summed E-state index contributed by atoms with van der Waals surface area (Å²) in [5.41, 5.74) is 0. The van der Waals surface area contributed by atoms with Crippen molar-refractivity contribution in [3.63, 3.8) is 0 Å². The minimum Gasteiger partial charge on any atom is -0.143 e. The van der Waals surface area contributed by atoms with Crippen LogP contribution in [0, 0.1) is 0 Å². The molecule has 3 heteroatoms. The molecule has 2 aromatic heterocycles. The molecule has 2 rings (SSSR count). The van der Waals surface area contributed by atoms with Crippen LogP contribution in [0.4, 0.5) is 0 Å². The zero-order valence-electron chi connectivity index (χ0n) is 5.50. The number of fused-ring (bicyclic) bond motifs is 1. The zero-order valence-corrected chi connectivity index (χ0v) is 8.02. The summed E-state index contributed by atoms with van der Waals surface area (Å²) in [5.74, 6) is 0. The molecule has 0 radical (unpaired) electrons. The Morgan fingerprint density at radius 2 is 2.30 bits per heavy atom. The first-order valence-corrected chi connectivity index (χ1v) is 6.01. The average molecular weight is 187 g/mol. The van der Waals surface area contributed by atoms with Crippen LogP contribution in [0.25, 0.3) is 9.40 Å². The van der Waals surface area contributed by atoms with Crippen LogP contribution in [0.3, 0.4) is 0 Å². The number of hydrogen-bond acceptors (Lipinski definition) is 2. The summed E-state index contributed by atoms with van der Waals surface area (Å²) in [6.45, 7) is 0. The highest BCUT2D eigenvalue weighted by Crippen LogP contribution is 2.30. The maximum atomic E-state index is 2.28. The molecule has 0 fully saturated rings. The molecule has 0 aliphatic rings. The van der Waals surface area contributed by atoms with Crippen molar-refractivity contribution < 1.29 is 0 Å². The predicted molar refractivity (Wildman–Crippen MR) is 52.7 cm³/mol. The van der Waals surface area contributed by atoms with E-state index in [2.05, 4.69) is 23.8 Å². The third-order valence-electron chi connectivity index (χ3n) is 1.35. The monoisotopic (exact) mass is 187 g/mol. The molecule has 0 nitrogen and oxygen atoms in total. The minimum absolute atomic E-state index is 1.39. The van der Waals surface area contributed by atoms with Gasteiger partial charge in [0, 0.05) is 17.8 Å². The van der Waals surface area contributed by atoms with Crippen LogP contribution in [0.15, 0.2) is 21.7 Å². The highest BCUT2D eigenvalue weighted by Gasteiger charge is 2.04. The van der Waals surface area contributed by atoms with Crippen LogP contribution in [0.2, 0.25) is 0 Å². The van der Waals surface area contributed by atoms with Crippen molar-refractivity contribution in [2.45, 2.75) is 4.21 Å². The lowest BCUT2D eigenvalue weighted by molar-refractivity contribution is 1.79. The Bertz CT molecular complexity index is 303. The summed E-state index contributed by atoms with van der Waals surface area (Å²) < 4.78 is 4.35. The van der Waals surface area contributed by atoms with Gasteiger partial charge in [0.15, 0.2) is 0 Å². The van der Waals surface area contributed by atoms with Gasteiger partial charge in [-0.25, -0.2) is 0 Å². The van der Waals surface area contributed by atoms with E-state index in [4.69, 9.17) is 0 Å². The molecule has 0 saturated heterocycles. The summed E-state index contributed by atoms with van der Waals surface area (Å²) in [5, 5.41) is 2.15. The Balaban J connectivity index is 2.67. The van der Waals surface area contributed by atoms with Crippen molar-refractivity contribution >= 4 is 43.8 Å². The van der Waals surface area contributed by atoms with Crippen molar-refractivity contribution in [1.29, 1.82) is 0 Å². The third kappa shape index (κ3) is 0.983. The number of thiol groups is 1. The second kappa shape index (κ2) is 2.57. The van der Waals surface area contributed by atoms with Gasteiger partial charge in [-0.05, 0) is 11.4 Å². The fourth-order valence-corrected chi connectivity index (χ4v) is 3.72. The Morgan fingerprint density at radius 3 is 3.00 bits per heavy atom. The van der Waals surface area contributed by atoms with E-state index >= 15 is 0 Å². The van der Waals surface area contributed by atoms with Gasteiger partial charge in [-0.15, -0.1) is 11.3 Å². The van der Waals surface area contributed by atoms with Gasteiger partial charge in [0.25, 0.3) is 0 Å². The minimum atomic E-state index is 1.39. The van der Waals surface area contributed by atoms with Gasteiger partial charge in [-0.1, -0.05) is 11.3 Å². The molecule has 52 valence electrons. The Kier molecular flexibility index (Phi) is 1.72. The lowest BCUT2D eigenvalue weighted by Crippen LogP contribution is -1.65. The second-order valence-electron chi connectivity index (χ2n) is 1.96. The molecule has 0 amide bonds. The van der Waals surface area contributed by atoms with Gasteiger partial charge in [0.1, 0.15) is 6.26 Å². The zero-order chi connectivity index (χ0) is 6.97. The fourth-order valence-electron chi connectivity index (χ4n) is 0.863. The molecule has 0 aliphatic carbocycles. The van der Waals surface area contributed by atoms with E-state index in [1.54, 1.807) is 0 Å². The molecule has 2 heterocycles. The standard InChI is InChI=1S/C7H6S3/c1-8-7-4-6-5(10-7)2-3-9-6/h2-4H,1H3/p+1. The van der Waals surface area contributed by atoms with Crippen molar-refractivity contribution in [2.24, 2.45) is 0 Å². The lowest BCUT2D eigenvalue weighted by atomic mass is 10.5. The van der Waals surface area contributed by atoms with Crippen molar-refractivity contribution in [3.05, 3.63) is 17.5 Å². The van der Waals surface area contributed by atoms with Crippen molar-refractivity contribution in [3.8, 4) is 0 Å². The first kappa shape index (κ1) is 6.70. The van der Waals surface area contributed by atoms with Crippen molar-refractivity contribution in [2.75, 3.05) is 6.26 Å². The molecule has 0 bridgehead atoms. The summed E-state index contributed by atoms with van der Waals surface area (Å²) in [6, 6.07) is 4.48. The summed E-state index contributed by atoms with van der Waals surface area (Å²) >= 11 is 5.12. The van der Waals surface area contributed by atoms with Crippen LogP contribution in [0.1, 0.15) is 0 Å². The molecule has 0 aliphatic heterocycles. The molecule has 0 N–H and O–H groups in total. The van der Waals surface area contributed by atoms with Crippen LogP contribution in [-0.4, -0.2) is 6.26 Å². The normalized spacial score (nSPS) is 10.9. The maximum Gasteiger partial charge on any atom is 0.208 e. The first-order valence-electron chi connectivity index (χ1n) is 2.97. The molecular weight excluding hydrogens is 180 g/mol. The molecule has 0 aromatic carbocycles. The fraction of sp³-hybridized carbons (Fsp3) is 0.143. The Morgan fingerprint density at radius 1 is 1.40 bits per heavy atom. The van der Waals surface area contributed by atoms with E-state index < -0.39 is 0 Å². The van der Waals surface area contributed by atoms with E-state index in [-0.39, 0.29) is 0 Å². The van der Waals surface area contributed by atoms with Crippen LogP contribution < -0.4 is 0 Å². The van der Waals surface area contributed by atoms with Gasteiger partial charge < -0.3 is 0 Å². The molecule has 0 spiro atoms. The quantitative estimate of drug-likeness (QED) is 0.476. The van der Waals surface area contributed by atoms with E-state index in [1.165, 1.54) is 25.4 Å². The van der Waals surface area contributed by atoms with Gasteiger partial charge in [-0.2, -0.15) is 0 Å². The lowest BCUT2D eigenvalue weighted by Gasteiger charge is -1.70. The third-order valence-corrected chi connectivity index (χ3v) is 4.63. The van der Waals surface area contributed by atoms with Crippen LogP contribution >= 0.6 is 22.7 Å². The van der Waals surface area contributed by atoms with Gasteiger partial charge >= 0.3 is 0 Å². The Hall–Kier alpha value is 0.01000. The van der Waals surface area contributed by atoms with E-state index in [0.717, 1.165) is 0 Å². The molecule has 10 heavy (non-hydrogen) atoms. The molecular formula is C7H7S3+. The van der Waals surface area contributed by atoms with E-state index in [0.29, 0.717) is 0 Å². The Labute approximate surface area is 71.9 Å². The van der Waals surface area contributed by atoms with Gasteiger partial charge in [0.05, 0.1) is 9.40 Å². The van der Waals surface area contributed by atoms with Crippen molar-refractivity contribution in [1.82, 2.24) is 0 Å². The van der Waals surface area contributed by atoms with E-state index in [9.17, 15) is 0 Å². The summed E-state index contributed by atoms with van der Waals surface area (Å²) in [6.07, 6.45) is 2.18. The maximum absolute atomic E-state index is 2.28. The SMILES string of the molecule is C[SH+]c1cc2sccc2s1. The highest BCUT2D eigenvalue weighted by atomic mass is 32.2. The second-order valence-corrected chi connectivity index (χ2v) is 5.22. The van der Waals surface area contributed by atoms with Crippen LogP contribution in [-0.2, 0) is 11.8 Å². The molecule has 0 atom stereocenters.